The molecule has 2 aromatic heterocycles. The summed E-state index contributed by atoms with van der Waals surface area (Å²) in [6, 6.07) is 3.23. The number of aromatic nitrogens is 2. The maximum absolute atomic E-state index is 11.0. The van der Waals surface area contributed by atoms with Crippen molar-refractivity contribution in [3.8, 4) is 0 Å². The summed E-state index contributed by atoms with van der Waals surface area (Å²) >= 11 is 5.82. The summed E-state index contributed by atoms with van der Waals surface area (Å²) in [6.45, 7) is 0.246. The Bertz CT molecular complexity index is 550. The van der Waals surface area contributed by atoms with Gasteiger partial charge >= 0.3 is 5.97 Å². The first kappa shape index (κ1) is 10.9. The number of imidazole rings is 1. The lowest BCUT2D eigenvalue weighted by molar-refractivity contribution is 0.0692. The minimum atomic E-state index is -1.08. The standard InChI is InChI=1S/C10H9ClN2O3/c1-16-5-8-12-9(10(14)15)7-4-6(11)2-3-13(7)8/h2-4H,5H2,1H3,(H,14,15). The van der Waals surface area contributed by atoms with E-state index in [-0.39, 0.29) is 12.3 Å². The van der Waals surface area contributed by atoms with E-state index >= 15 is 0 Å². The largest absolute Gasteiger partial charge is 0.476 e. The molecule has 0 fully saturated rings. The van der Waals surface area contributed by atoms with Crippen molar-refractivity contribution in [1.29, 1.82) is 0 Å². The number of ether oxygens (including phenoxy) is 1. The Hall–Kier alpha value is -1.59. The number of nitrogens with zero attached hydrogens (tertiary/aromatic N) is 2. The quantitative estimate of drug-likeness (QED) is 0.889. The maximum atomic E-state index is 11.0. The zero-order valence-corrected chi connectivity index (χ0v) is 9.23. The van der Waals surface area contributed by atoms with Crippen LogP contribution in [-0.4, -0.2) is 27.6 Å². The van der Waals surface area contributed by atoms with Gasteiger partial charge in [-0.1, -0.05) is 11.6 Å². The van der Waals surface area contributed by atoms with E-state index in [1.807, 2.05) is 0 Å². The Balaban J connectivity index is 2.71. The molecule has 5 nitrogen and oxygen atoms in total. The highest BCUT2D eigenvalue weighted by Crippen LogP contribution is 2.18. The highest BCUT2D eigenvalue weighted by Gasteiger charge is 2.16. The number of pyridine rings is 1. The van der Waals surface area contributed by atoms with Gasteiger partial charge in [-0.15, -0.1) is 0 Å². The van der Waals surface area contributed by atoms with Gasteiger partial charge in [0.1, 0.15) is 12.4 Å². The molecule has 0 saturated heterocycles. The lowest BCUT2D eigenvalue weighted by atomic mass is 10.3. The van der Waals surface area contributed by atoms with Gasteiger partial charge in [0.15, 0.2) is 5.69 Å². The van der Waals surface area contributed by atoms with E-state index in [9.17, 15) is 4.79 Å². The van der Waals surface area contributed by atoms with Gasteiger partial charge in [0.05, 0.1) is 5.52 Å². The van der Waals surface area contributed by atoms with Crippen molar-refractivity contribution in [1.82, 2.24) is 9.38 Å². The summed E-state index contributed by atoms with van der Waals surface area (Å²) in [5, 5.41) is 9.47. The first-order chi connectivity index (χ1) is 7.63. The van der Waals surface area contributed by atoms with Crippen molar-refractivity contribution in [3.05, 3.63) is 34.9 Å². The number of carboxylic acids is 1. The molecule has 2 rings (SSSR count). The van der Waals surface area contributed by atoms with Gasteiger partial charge in [0.25, 0.3) is 0 Å². The van der Waals surface area contributed by atoms with E-state index in [1.165, 1.54) is 7.11 Å². The molecule has 6 heteroatoms. The maximum Gasteiger partial charge on any atom is 0.356 e. The van der Waals surface area contributed by atoms with E-state index in [2.05, 4.69) is 4.98 Å². The lowest BCUT2D eigenvalue weighted by Crippen LogP contribution is -1.97. The normalized spacial score (nSPS) is 10.9. The Morgan fingerprint density at radius 1 is 1.69 bits per heavy atom. The fourth-order valence-corrected chi connectivity index (χ4v) is 1.67. The van der Waals surface area contributed by atoms with Crippen LogP contribution < -0.4 is 0 Å². The fraction of sp³-hybridized carbons (Fsp3) is 0.200. The molecule has 0 radical (unpaired) electrons. The van der Waals surface area contributed by atoms with E-state index in [0.29, 0.717) is 16.4 Å². The third-order valence-electron chi connectivity index (χ3n) is 2.15. The van der Waals surface area contributed by atoms with Crippen LogP contribution in [0.15, 0.2) is 18.3 Å². The smallest absolute Gasteiger partial charge is 0.356 e. The summed E-state index contributed by atoms with van der Waals surface area (Å²) < 4.78 is 6.60. The second-order valence-corrected chi connectivity index (χ2v) is 3.65. The molecule has 0 aliphatic rings. The van der Waals surface area contributed by atoms with Crippen molar-refractivity contribution in [3.63, 3.8) is 0 Å². The molecule has 84 valence electrons. The first-order valence-electron chi connectivity index (χ1n) is 4.52. The third-order valence-corrected chi connectivity index (χ3v) is 2.39. The van der Waals surface area contributed by atoms with Crippen molar-refractivity contribution in [2.24, 2.45) is 0 Å². The molecular weight excluding hydrogens is 232 g/mol. The molecule has 2 aromatic rings. The highest BCUT2D eigenvalue weighted by molar-refractivity contribution is 6.31. The second kappa shape index (κ2) is 4.11. The number of hydrogen-bond acceptors (Lipinski definition) is 3. The number of halogens is 1. The van der Waals surface area contributed by atoms with Gasteiger partial charge in [-0.3, -0.25) is 0 Å². The number of carboxylic acid groups (broad SMARTS) is 1. The molecule has 16 heavy (non-hydrogen) atoms. The molecular formula is C10H9ClN2O3. The topological polar surface area (TPSA) is 63.8 Å². The van der Waals surface area contributed by atoms with Crippen molar-refractivity contribution in [2.45, 2.75) is 6.61 Å². The van der Waals surface area contributed by atoms with E-state index in [4.69, 9.17) is 21.4 Å². The van der Waals surface area contributed by atoms with E-state index in [0.717, 1.165) is 0 Å². The molecule has 2 heterocycles. The number of carbonyl (C=O) groups is 1. The minimum absolute atomic E-state index is 0.0189. The van der Waals surface area contributed by atoms with Crippen LogP contribution in [0.4, 0.5) is 0 Å². The Kier molecular flexibility index (Phi) is 2.80. The molecule has 1 N–H and O–H groups in total. The number of methoxy groups -OCH3 is 1. The molecule has 0 atom stereocenters. The number of aromatic carboxylic acids is 1. The zero-order chi connectivity index (χ0) is 11.7. The summed E-state index contributed by atoms with van der Waals surface area (Å²) in [7, 11) is 1.53. The molecule has 0 spiro atoms. The Morgan fingerprint density at radius 3 is 3.06 bits per heavy atom. The van der Waals surface area contributed by atoms with Crippen LogP contribution in [-0.2, 0) is 11.3 Å². The molecule has 0 aliphatic heterocycles. The third kappa shape index (κ3) is 1.75. The van der Waals surface area contributed by atoms with Gasteiger partial charge in [-0.05, 0) is 12.1 Å². The first-order valence-corrected chi connectivity index (χ1v) is 4.90. The van der Waals surface area contributed by atoms with Crippen molar-refractivity contribution in [2.75, 3.05) is 7.11 Å². The number of fused-ring (bicyclic) bond motifs is 1. The molecule has 0 bridgehead atoms. The highest BCUT2D eigenvalue weighted by atomic mass is 35.5. The van der Waals surface area contributed by atoms with Crippen LogP contribution in [0.25, 0.3) is 5.52 Å². The summed E-state index contributed by atoms with van der Waals surface area (Å²) in [5.74, 6) is -0.548. The Morgan fingerprint density at radius 2 is 2.44 bits per heavy atom. The van der Waals surface area contributed by atoms with Gasteiger partial charge in [0.2, 0.25) is 0 Å². The Labute approximate surface area is 96.2 Å². The summed E-state index contributed by atoms with van der Waals surface area (Å²) in [4.78, 5) is 15.0. The van der Waals surface area contributed by atoms with Crippen LogP contribution in [0.5, 0.6) is 0 Å². The lowest BCUT2D eigenvalue weighted by Gasteiger charge is -1.99. The molecule has 0 aliphatic carbocycles. The molecule has 0 unspecified atom stereocenters. The summed E-state index contributed by atoms with van der Waals surface area (Å²) in [6.07, 6.45) is 1.67. The van der Waals surface area contributed by atoms with Crippen LogP contribution in [0, 0.1) is 0 Å². The second-order valence-electron chi connectivity index (χ2n) is 3.22. The molecule has 0 saturated carbocycles. The van der Waals surface area contributed by atoms with Crippen LogP contribution >= 0.6 is 11.6 Å². The predicted molar refractivity (Wildman–Crippen MR) is 57.9 cm³/mol. The van der Waals surface area contributed by atoms with Crippen LogP contribution in [0.2, 0.25) is 5.02 Å². The average Bonchev–Trinajstić information content (AvgIpc) is 2.57. The average molecular weight is 241 g/mol. The van der Waals surface area contributed by atoms with Crippen LogP contribution in [0.3, 0.4) is 0 Å². The van der Waals surface area contributed by atoms with Gasteiger partial charge in [-0.25, -0.2) is 9.78 Å². The molecule has 0 aromatic carbocycles. The van der Waals surface area contributed by atoms with E-state index in [1.54, 1.807) is 22.7 Å². The van der Waals surface area contributed by atoms with E-state index < -0.39 is 5.97 Å². The van der Waals surface area contributed by atoms with Gasteiger partial charge in [0, 0.05) is 18.3 Å². The number of hydrogen-bond donors (Lipinski definition) is 1. The summed E-state index contributed by atoms with van der Waals surface area (Å²) in [5.41, 5.74) is 0.446. The number of rotatable bonds is 3. The van der Waals surface area contributed by atoms with Crippen molar-refractivity contribution >= 4 is 23.1 Å². The van der Waals surface area contributed by atoms with Gasteiger partial charge < -0.3 is 14.2 Å². The predicted octanol–water partition coefficient (Wildman–Crippen LogP) is 1.83. The SMILES string of the molecule is COCc1nc(C(=O)O)c2cc(Cl)ccn12. The van der Waals surface area contributed by atoms with Crippen molar-refractivity contribution < 1.29 is 14.6 Å². The zero-order valence-electron chi connectivity index (χ0n) is 8.48. The monoisotopic (exact) mass is 240 g/mol. The minimum Gasteiger partial charge on any atom is -0.476 e. The van der Waals surface area contributed by atoms with Crippen LogP contribution in [0.1, 0.15) is 16.3 Å². The van der Waals surface area contributed by atoms with Gasteiger partial charge in [-0.2, -0.15) is 0 Å². The fourth-order valence-electron chi connectivity index (χ4n) is 1.51. The molecule has 0 amide bonds.